The molecule has 0 aliphatic heterocycles. The van der Waals surface area contributed by atoms with E-state index in [0.717, 1.165) is 17.1 Å². The third-order valence-electron chi connectivity index (χ3n) is 2.19. The minimum atomic E-state index is 0.0944. The molecule has 1 aromatic rings. The van der Waals surface area contributed by atoms with E-state index in [1.165, 1.54) is 11.8 Å². The molecule has 0 aliphatic carbocycles. The number of rotatable bonds is 4. The molecule has 0 aromatic carbocycles. The van der Waals surface area contributed by atoms with E-state index in [9.17, 15) is 4.79 Å². The highest BCUT2D eigenvalue weighted by molar-refractivity contribution is 8.13. The Labute approximate surface area is 94.5 Å². The molecule has 4 nitrogen and oxygen atoms in total. The number of aromatic nitrogens is 2. The molecule has 15 heavy (non-hydrogen) atoms. The highest BCUT2D eigenvalue weighted by Crippen LogP contribution is 2.22. The maximum atomic E-state index is 11.1. The van der Waals surface area contributed by atoms with Crippen molar-refractivity contribution >= 4 is 16.9 Å². The van der Waals surface area contributed by atoms with E-state index in [2.05, 4.69) is 17.2 Å². The fourth-order valence-electron chi connectivity index (χ4n) is 1.27. The number of likely N-dealkylation sites (N-methyl/N-ethyl adjacent to an activating group) is 1. The SMILES string of the molecule is CNC(C)Cc1ncn(C)c1SC(C)=O. The van der Waals surface area contributed by atoms with Crippen LogP contribution in [0, 0.1) is 0 Å². The monoisotopic (exact) mass is 227 g/mol. The van der Waals surface area contributed by atoms with Crippen LogP contribution in [0.25, 0.3) is 0 Å². The van der Waals surface area contributed by atoms with E-state index in [4.69, 9.17) is 0 Å². The van der Waals surface area contributed by atoms with Crippen LogP contribution in [-0.4, -0.2) is 27.8 Å². The van der Waals surface area contributed by atoms with Crippen molar-refractivity contribution in [1.82, 2.24) is 14.9 Å². The molecule has 1 rings (SSSR count). The van der Waals surface area contributed by atoms with Crippen molar-refractivity contribution in [1.29, 1.82) is 0 Å². The molecule has 0 radical (unpaired) electrons. The Hall–Kier alpha value is -0.810. The van der Waals surface area contributed by atoms with E-state index >= 15 is 0 Å². The lowest BCUT2D eigenvalue weighted by molar-refractivity contribution is -0.109. The summed E-state index contributed by atoms with van der Waals surface area (Å²) in [4.78, 5) is 15.4. The van der Waals surface area contributed by atoms with E-state index in [0.29, 0.717) is 6.04 Å². The van der Waals surface area contributed by atoms with Gasteiger partial charge in [-0.15, -0.1) is 0 Å². The van der Waals surface area contributed by atoms with Crippen molar-refractivity contribution in [3.63, 3.8) is 0 Å². The van der Waals surface area contributed by atoms with Crippen LogP contribution in [0.3, 0.4) is 0 Å². The maximum absolute atomic E-state index is 11.1. The normalized spacial score (nSPS) is 12.8. The highest BCUT2D eigenvalue weighted by atomic mass is 32.2. The van der Waals surface area contributed by atoms with Crippen LogP contribution >= 0.6 is 11.8 Å². The Morgan fingerprint density at radius 3 is 2.93 bits per heavy atom. The van der Waals surface area contributed by atoms with Gasteiger partial charge in [0.05, 0.1) is 12.0 Å². The van der Waals surface area contributed by atoms with Gasteiger partial charge in [0, 0.05) is 26.4 Å². The van der Waals surface area contributed by atoms with Crippen LogP contribution in [0.1, 0.15) is 19.5 Å². The highest BCUT2D eigenvalue weighted by Gasteiger charge is 2.13. The smallest absolute Gasteiger partial charge is 0.192 e. The van der Waals surface area contributed by atoms with Crippen molar-refractivity contribution < 1.29 is 4.79 Å². The molecule has 0 saturated heterocycles. The number of hydrogen-bond acceptors (Lipinski definition) is 4. The van der Waals surface area contributed by atoms with Crippen LogP contribution < -0.4 is 5.32 Å². The Kier molecular flexibility index (Phi) is 4.35. The van der Waals surface area contributed by atoms with Gasteiger partial charge < -0.3 is 9.88 Å². The summed E-state index contributed by atoms with van der Waals surface area (Å²) in [6, 6.07) is 0.367. The van der Waals surface area contributed by atoms with Crippen molar-refractivity contribution in [2.24, 2.45) is 7.05 Å². The lowest BCUT2D eigenvalue weighted by Crippen LogP contribution is -2.24. The molecule has 5 heteroatoms. The summed E-state index contributed by atoms with van der Waals surface area (Å²) < 4.78 is 1.89. The number of carbonyl (C=O) groups is 1. The number of imidazole rings is 1. The third-order valence-corrected chi connectivity index (χ3v) is 3.19. The molecule has 1 N–H and O–H groups in total. The summed E-state index contributed by atoms with van der Waals surface area (Å²) >= 11 is 1.24. The second-order valence-corrected chi connectivity index (χ2v) is 4.76. The van der Waals surface area contributed by atoms with Crippen LogP contribution in [0.2, 0.25) is 0 Å². The number of hydrogen-bond donors (Lipinski definition) is 1. The fraction of sp³-hybridized carbons (Fsp3) is 0.600. The zero-order valence-electron chi connectivity index (χ0n) is 9.57. The predicted molar refractivity (Wildman–Crippen MR) is 62.0 cm³/mol. The molecule has 0 bridgehead atoms. The minimum Gasteiger partial charge on any atom is -0.328 e. The van der Waals surface area contributed by atoms with E-state index in [-0.39, 0.29) is 5.12 Å². The molecular weight excluding hydrogens is 210 g/mol. The minimum absolute atomic E-state index is 0.0944. The third kappa shape index (κ3) is 3.35. The topological polar surface area (TPSA) is 46.9 Å². The largest absolute Gasteiger partial charge is 0.328 e. The molecule has 1 atom stereocenters. The molecule has 1 aromatic heterocycles. The summed E-state index contributed by atoms with van der Waals surface area (Å²) in [7, 11) is 3.83. The number of thioether (sulfide) groups is 1. The molecule has 0 saturated carbocycles. The summed E-state index contributed by atoms with van der Waals surface area (Å²) in [5, 5.41) is 4.20. The Balaban J connectivity index is 2.83. The summed E-state index contributed by atoms with van der Waals surface area (Å²) in [5.74, 6) is 0. The average Bonchev–Trinajstić information content (AvgIpc) is 2.49. The van der Waals surface area contributed by atoms with Gasteiger partial charge in [-0.3, -0.25) is 4.79 Å². The lowest BCUT2D eigenvalue weighted by Gasteiger charge is -2.09. The molecule has 0 aliphatic rings. The number of carbonyl (C=O) groups excluding carboxylic acids is 1. The molecule has 0 amide bonds. The molecule has 0 spiro atoms. The molecule has 1 unspecified atom stereocenters. The van der Waals surface area contributed by atoms with Gasteiger partial charge in [-0.25, -0.2) is 4.98 Å². The first-order chi connectivity index (χ1) is 7.04. The fourth-order valence-corrected chi connectivity index (χ4v) is 1.98. The quantitative estimate of drug-likeness (QED) is 0.785. The predicted octanol–water partition coefficient (Wildman–Crippen LogP) is 1.21. The average molecular weight is 227 g/mol. The van der Waals surface area contributed by atoms with E-state index < -0.39 is 0 Å². The van der Waals surface area contributed by atoms with Gasteiger partial charge in [-0.1, -0.05) is 0 Å². The molecular formula is C10H17N3OS. The first-order valence-electron chi connectivity index (χ1n) is 4.90. The van der Waals surface area contributed by atoms with Crippen LogP contribution in [0.5, 0.6) is 0 Å². The van der Waals surface area contributed by atoms with Gasteiger partial charge >= 0.3 is 0 Å². The van der Waals surface area contributed by atoms with Gasteiger partial charge in [0.2, 0.25) is 0 Å². The molecule has 84 valence electrons. The molecule has 1 heterocycles. The van der Waals surface area contributed by atoms with Gasteiger partial charge in [0.1, 0.15) is 5.03 Å². The van der Waals surface area contributed by atoms with Gasteiger partial charge in [-0.05, 0) is 25.7 Å². The summed E-state index contributed by atoms with van der Waals surface area (Å²) in [6.45, 7) is 3.67. The number of nitrogens with one attached hydrogen (secondary N) is 1. The summed E-state index contributed by atoms with van der Waals surface area (Å²) in [6.07, 6.45) is 2.59. The van der Waals surface area contributed by atoms with Crippen molar-refractivity contribution in [3.05, 3.63) is 12.0 Å². The van der Waals surface area contributed by atoms with Crippen molar-refractivity contribution in [3.8, 4) is 0 Å². The maximum Gasteiger partial charge on any atom is 0.192 e. The Morgan fingerprint density at radius 2 is 2.40 bits per heavy atom. The number of aryl methyl sites for hydroxylation is 1. The first kappa shape index (κ1) is 12.3. The lowest BCUT2D eigenvalue weighted by atomic mass is 10.2. The van der Waals surface area contributed by atoms with Gasteiger partial charge in [0.15, 0.2) is 5.12 Å². The van der Waals surface area contributed by atoms with Gasteiger partial charge in [-0.2, -0.15) is 0 Å². The van der Waals surface area contributed by atoms with Gasteiger partial charge in [0.25, 0.3) is 0 Å². The van der Waals surface area contributed by atoms with Crippen molar-refractivity contribution in [2.45, 2.75) is 31.3 Å². The Morgan fingerprint density at radius 1 is 1.73 bits per heavy atom. The van der Waals surface area contributed by atoms with E-state index in [1.54, 1.807) is 13.3 Å². The molecule has 0 fully saturated rings. The van der Waals surface area contributed by atoms with Crippen molar-refractivity contribution in [2.75, 3.05) is 7.05 Å². The second kappa shape index (κ2) is 5.32. The standard InChI is InChI=1S/C10H17N3OS/c1-7(11-3)5-9-10(15-8(2)14)13(4)6-12-9/h6-7,11H,5H2,1-4H3. The number of nitrogens with zero attached hydrogens (tertiary/aromatic N) is 2. The zero-order valence-corrected chi connectivity index (χ0v) is 10.4. The Bertz CT molecular complexity index is 348. The van der Waals surface area contributed by atoms with Crippen LogP contribution in [0.15, 0.2) is 11.4 Å². The first-order valence-corrected chi connectivity index (χ1v) is 5.72. The van der Waals surface area contributed by atoms with Crippen LogP contribution in [0.4, 0.5) is 0 Å². The second-order valence-electron chi connectivity index (χ2n) is 3.59. The summed E-state index contributed by atoms with van der Waals surface area (Å²) in [5.41, 5.74) is 0.986. The van der Waals surface area contributed by atoms with E-state index in [1.807, 2.05) is 18.7 Å². The zero-order chi connectivity index (χ0) is 11.4. The van der Waals surface area contributed by atoms with Crippen LogP contribution in [-0.2, 0) is 18.3 Å².